The van der Waals surface area contributed by atoms with Crippen molar-refractivity contribution in [3.63, 3.8) is 0 Å². The van der Waals surface area contributed by atoms with Gasteiger partial charge in [0.2, 0.25) is 0 Å². The number of aliphatic hydroxyl groups excluding tert-OH is 1. The maximum absolute atomic E-state index is 14.0. The number of amides is 1. The number of aromatic nitrogens is 4. The van der Waals surface area contributed by atoms with Gasteiger partial charge >= 0.3 is 0 Å². The van der Waals surface area contributed by atoms with Crippen molar-refractivity contribution in [2.45, 2.75) is 25.0 Å². The van der Waals surface area contributed by atoms with E-state index >= 15 is 0 Å². The van der Waals surface area contributed by atoms with Crippen molar-refractivity contribution < 1.29 is 14.3 Å². The Balaban J connectivity index is 1.36. The van der Waals surface area contributed by atoms with Gasteiger partial charge in [0.25, 0.3) is 5.91 Å². The van der Waals surface area contributed by atoms with E-state index in [0.29, 0.717) is 30.8 Å². The van der Waals surface area contributed by atoms with Gasteiger partial charge in [-0.15, -0.1) is 0 Å². The minimum absolute atomic E-state index is 0.119. The summed E-state index contributed by atoms with van der Waals surface area (Å²) in [4.78, 5) is 23.0. The maximum Gasteiger partial charge on any atom is 0.272 e. The van der Waals surface area contributed by atoms with E-state index in [4.69, 9.17) is 0 Å². The van der Waals surface area contributed by atoms with Crippen LogP contribution >= 0.6 is 0 Å². The minimum Gasteiger partial charge on any atom is -0.391 e. The molecular formula is C20H20FN5O2. The zero-order valence-corrected chi connectivity index (χ0v) is 15.1. The number of hydrogen-bond acceptors (Lipinski definition) is 5. The van der Waals surface area contributed by atoms with Gasteiger partial charge in [-0.05, 0) is 36.8 Å². The first-order chi connectivity index (χ1) is 13.6. The van der Waals surface area contributed by atoms with Gasteiger partial charge in [0.1, 0.15) is 29.7 Å². The Morgan fingerprint density at radius 2 is 1.96 bits per heavy atom. The zero-order valence-electron chi connectivity index (χ0n) is 15.1. The van der Waals surface area contributed by atoms with Crippen LogP contribution in [0.4, 0.5) is 4.39 Å². The summed E-state index contributed by atoms with van der Waals surface area (Å²) in [6, 6.07) is 8.01. The third kappa shape index (κ3) is 2.84. The summed E-state index contributed by atoms with van der Waals surface area (Å²) in [5.74, 6) is -0.0814. The number of para-hydroxylation sites is 1. The van der Waals surface area contributed by atoms with Gasteiger partial charge in [-0.25, -0.2) is 19.0 Å². The summed E-state index contributed by atoms with van der Waals surface area (Å²) in [6.45, 7) is 1.19. The molecule has 2 fully saturated rings. The number of likely N-dealkylation sites (tertiary alicyclic amines) is 1. The summed E-state index contributed by atoms with van der Waals surface area (Å²) in [6.07, 6.45) is 3.95. The molecule has 1 saturated carbocycles. The number of aliphatic hydroxyl groups is 1. The first-order valence-corrected chi connectivity index (χ1v) is 9.47. The second-order valence-electron chi connectivity index (χ2n) is 7.72. The van der Waals surface area contributed by atoms with E-state index in [0.717, 1.165) is 6.42 Å². The highest BCUT2D eigenvalue weighted by molar-refractivity contribution is 5.95. The normalized spacial score (nSPS) is 27.1. The molecule has 3 heterocycles. The van der Waals surface area contributed by atoms with Crippen LogP contribution in [0.2, 0.25) is 0 Å². The Morgan fingerprint density at radius 1 is 1.14 bits per heavy atom. The van der Waals surface area contributed by atoms with Crippen LogP contribution in [0.15, 0.2) is 43.0 Å². The molecule has 1 saturated heterocycles. The van der Waals surface area contributed by atoms with Crippen molar-refractivity contribution in [1.29, 1.82) is 0 Å². The van der Waals surface area contributed by atoms with E-state index in [2.05, 4.69) is 15.1 Å². The molecule has 8 heteroatoms. The van der Waals surface area contributed by atoms with E-state index in [1.165, 1.54) is 12.4 Å². The molecule has 5 rings (SSSR count). The predicted molar refractivity (Wildman–Crippen MR) is 98.9 cm³/mol. The van der Waals surface area contributed by atoms with Crippen LogP contribution in [0.5, 0.6) is 0 Å². The molecular weight excluding hydrogens is 361 g/mol. The summed E-state index contributed by atoms with van der Waals surface area (Å²) in [5, 5.41) is 15.4. The molecule has 1 aromatic carbocycles. The Morgan fingerprint density at radius 3 is 2.75 bits per heavy atom. The lowest BCUT2D eigenvalue weighted by atomic mass is 9.77. The second kappa shape index (κ2) is 6.63. The standard InChI is InChI=1S/C20H20FN5O2/c21-15-3-1-2-12-4-5-16(24-19(12)15)20(28)25-8-13-6-17(26-11-22-10-23-26)18(27)7-14(13)9-25/h1-5,10-11,13-14,17-18,27H,6-9H2/t13-,14+,17-,18-/m1/s1. The molecule has 0 radical (unpaired) electrons. The van der Waals surface area contributed by atoms with Crippen LogP contribution in [0.1, 0.15) is 29.4 Å². The number of rotatable bonds is 2. The third-order valence-electron chi connectivity index (χ3n) is 6.06. The first kappa shape index (κ1) is 17.2. The molecule has 1 N–H and O–H groups in total. The number of benzene rings is 1. The van der Waals surface area contributed by atoms with Crippen LogP contribution in [-0.4, -0.2) is 54.9 Å². The van der Waals surface area contributed by atoms with Crippen LogP contribution < -0.4 is 0 Å². The minimum atomic E-state index is -0.508. The van der Waals surface area contributed by atoms with Gasteiger partial charge in [0.15, 0.2) is 0 Å². The van der Waals surface area contributed by atoms with Crippen LogP contribution in [0.3, 0.4) is 0 Å². The zero-order chi connectivity index (χ0) is 19.3. The van der Waals surface area contributed by atoms with Gasteiger partial charge in [-0.3, -0.25) is 4.79 Å². The largest absolute Gasteiger partial charge is 0.391 e. The Hall–Kier alpha value is -2.87. The molecule has 3 aromatic rings. The lowest BCUT2D eigenvalue weighted by Crippen LogP contribution is -2.36. The van der Waals surface area contributed by atoms with E-state index in [9.17, 15) is 14.3 Å². The number of carbonyl (C=O) groups is 1. The van der Waals surface area contributed by atoms with E-state index < -0.39 is 11.9 Å². The Labute approximate surface area is 160 Å². The van der Waals surface area contributed by atoms with E-state index in [-0.39, 0.29) is 29.1 Å². The molecule has 0 unspecified atom stereocenters. The SMILES string of the molecule is O=C(c1ccc2cccc(F)c2n1)N1C[C@H]2C[C@@H](n3cncn3)[C@H](O)C[C@H]2C1. The molecule has 0 spiro atoms. The topological polar surface area (TPSA) is 84.1 Å². The monoisotopic (exact) mass is 381 g/mol. The summed E-state index contributed by atoms with van der Waals surface area (Å²) in [7, 11) is 0. The molecule has 4 atom stereocenters. The Kier molecular flexibility index (Phi) is 4.08. The average molecular weight is 381 g/mol. The van der Waals surface area contributed by atoms with Gasteiger partial charge < -0.3 is 10.0 Å². The highest BCUT2D eigenvalue weighted by Crippen LogP contribution is 2.41. The van der Waals surface area contributed by atoms with Gasteiger partial charge in [0, 0.05) is 18.5 Å². The van der Waals surface area contributed by atoms with E-state index in [1.807, 2.05) is 0 Å². The van der Waals surface area contributed by atoms with Crippen molar-refractivity contribution in [3.05, 3.63) is 54.5 Å². The molecule has 28 heavy (non-hydrogen) atoms. The van der Waals surface area contributed by atoms with Crippen LogP contribution in [0.25, 0.3) is 10.9 Å². The fourth-order valence-electron chi connectivity index (χ4n) is 4.64. The summed E-state index contributed by atoms with van der Waals surface area (Å²) in [5.41, 5.74) is 0.469. The average Bonchev–Trinajstić information content (AvgIpc) is 3.36. The highest BCUT2D eigenvalue weighted by Gasteiger charge is 2.44. The number of pyridine rings is 1. The van der Waals surface area contributed by atoms with Crippen LogP contribution in [0, 0.1) is 17.7 Å². The maximum atomic E-state index is 14.0. The van der Waals surface area contributed by atoms with E-state index in [1.54, 1.807) is 40.2 Å². The van der Waals surface area contributed by atoms with Gasteiger partial charge in [0.05, 0.1) is 12.1 Å². The quantitative estimate of drug-likeness (QED) is 0.735. The number of halogens is 1. The molecule has 0 bridgehead atoms. The summed E-state index contributed by atoms with van der Waals surface area (Å²) < 4.78 is 15.7. The molecule has 2 aliphatic rings. The van der Waals surface area contributed by atoms with Gasteiger partial charge in [-0.2, -0.15) is 5.10 Å². The third-order valence-corrected chi connectivity index (χ3v) is 6.06. The molecule has 144 valence electrons. The number of nitrogens with zero attached hydrogens (tertiary/aromatic N) is 5. The molecule has 2 aromatic heterocycles. The fourth-order valence-corrected chi connectivity index (χ4v) is 4.64. The van der Waals surface area contributed by atoms with Crippen molar-refractivity contribution in [3.8, 4) is 0 Å². The van der Waals surface area contributed by atoms with Gasteiger partial charge in [-0.1, -0.05) is 18.2 Å². The first-order valence-electron chi connectivity index (χ1n) is 9.47. The molecule has 1 aliphatic heterocycles. The van der Waals surface area contributed by atoms with Crippen LogP contribution in [-0.2, 0) is 0 Å². The summed E-state index contributed by atoms with van der Waals surface area (Å²) >= 11 is 0. The fraction of sp³-hybridized carbons (Fsp3) is 0.400. The smallest absolute Gasteiger partial charge is 0.272 e. The molecule has 1 aliphatic carbocycles. The highest BCUT2D eigenvalue weighted by atomic mass is 19.1. The molecule has 1 amide bonds. The van der Waals surface area contributed by atoms with Crippen molar-refractivity contribution in [2.24, 2.45) is 11.8 Å². The van der Waals surface area contributed by atoms with Crippen molar-refractivity contribution in [1.82, 2.24) is 24.6 Å². The number of hydrogen-bond donors (Lipinski definition) is 1. The predicted octanol–water partition coefficient (Wildman–Crippen LogP) is 2.05. The van der Waals surface area contributed by atoms with Crippen molar-refractivity contribution in [2.75, 3.05) is 13.1 Å². The Bertz CT molecular complexity index is 1020. The lowest BCUT2D eigenvalue weighted by molar-refractivity contribution is 0.0304. The molecule has 7 nitrogen and oxygen atoms in total. The van der Waals surface area contributed by atoms with Crippen molar-refractivity contribution >= 4 is 16.8 Å². The number of carbonyl (C=O) groups excluding carboxylic acids is 1. The second-order valence-corrected chi connectivity index (χ2v) is 7.72. The lowest BCUT2D eigenvalue weighted by Gasteiger charge is -2.34. The number of fused-ring (bicyclic) bond motifs is 2.